The monoisotopic (exact) mass is 354 g/mol. The molecular weight excluding hydrogens is 336 g/mol. The molecule has 0 aliphatic rings. The number of rotatable bonds is 8. The molecule has 0 heterocycles. The van der Waals surface area contributed by atoms with E-state index >= 15 is 0 Å². The molecule has 0 bridgehead atoms. The lowest BCUT2D eigenvalue weighted by molar-refractivity contribution is -0.131. The summed E-state index contributed by atoms with van der Waals surface area (Å²) in [5.41, 5.74) is 6.82. The van der Waals surface area contributed by atoms with Crippen LogP contribution < -0.4 is 10.6 Å². The third kappa shape index (κ3) is 5.99. The lowest BCUT2D eigenvalue weighted by atomic mass is 10.1. The summed E-state index contributed by atoms with van der Waals surface area (Å²) in [7, 11) is 0. The second-order valence-electron chi connectivity index (χ2n) is 4.62. The van der Waals surface area contributed by atoms with Crippen molar-refractivity contribution < 1.29 is 14.7 Å². The Morgan fingerprint density at radius 2 is 2.14 bits per heavy atom. The van der Waals surface area contributed by atoms with Crippen molar-refractivity contribution in [1.29, 1.82) is 0 Å². The summed E-state index contributed by atoms with van der Waals surface area (Å²) in [4.78, 5) is 23.8. The molecule has 1 amide bonds. The van der Waals surface area contributed by atoms with Crippen LogP contribution in [-0.4, -0.2) is 30.1 Å². The standard InChI is InChI=1S/C15H19BrN2O3/c1-2-3-8-18(10-14(17)19)13-6-5-12(16)9-11(13)4-7-15(20)21/h4-7,9H,2-3,8,10H2,1H3,(H2,17,19)(H,20,21)/b7-4+. The fourth-order valence-corrected chi connectivity index (χ4v) is 2.31. The molecule has 3 N–H and O–H groups in total. The summed E-state index contributed by atoms with van der Waals surface area (Å²) >= 11 is 3.36. The zero-order chi connectivity index (χ0) is 15.8. The van der Waals surface area contributed by atoms with Crippen LogP contribution >= 0.6 is 15.9 Å². The van der Waals surface area contributed by atoms with Gasteiger partial charge in [0.05, 0.1) is 6.54 Å². The first-order chi connectivity index (χ1) is 9.93. The number of primary amides is 1. The van der Waals surface area contributed by atoms with E-state index in [0.717, 1.165) is 34.6 Å². The van der Waals surface area contributed by atoms with E-state index in [0.29, 0.717) is 6.54 Å². The number of aliphatic carboxylic acids is 1. The van der Waals surface area contributed by atoms with E-state index in [1.54, 1.807) is 0 Å². The van der Waals surface area contributed by atoms with E-state index in [9.17, 15) is 9.59 Å². The van der Waals surface area contributed by atoms with E-state index in [1.165, 1.54) is 6.08 Å². The van der Waals surface area contributed by atoms with Gasteiger partial charge < -0.3 is 15.7 Å². The maximum absolute atomic E-state index is 11.2. The summed E-state index contributed by atoms with van der Waals surface area (Å²) < 4.78 is 0.839. The molecule has 0 spiro atoms. The molecule has 0 atom stereocenters. The summed E-state index contributed by atoms with van der Waals surface area (Å²) in [6.45, 7) is 2.86. The Morgan fingerprint density at radius 1 is 1.43 bits per heavy atom. The first-order valence-electron chi connectivity index (χ1n) is 6.67. The molecule has 0 saturated carbocycles. The Kier molecular flexibility index (Phi) is 6.94. The van der Waals surface area contributed by atoms with Gasteiger partial charge in [-0.3, -0.25) is 4.79 Å². The second kappa shape index (κ2) is 8.46. The number of carbonyl (C=O) groups excluding carboxylic acids is 1. The Balaban J connectivity index is 3.15. The van der Waals surface area contributed by atoms with Crippen LogP contribution in [0.2, 0.25) is 0 Å². The average molecular weight is 355 g/mol. The molecule has 0 radical (unpaired) electrons. The predicted molar refractivity (Wildman–Crippen MR) is 87.1 cm³/mol. The number of unbranched alkanes of at least 4 members (excludes halogenated alkanes) is 1. The molecular formula is C15H19BrN2O3. The quantitative estimate of drug-likeness (QED) is 0.703. The minimum atomic E-state index is -1.02. The third-order valence-corrected chi connectivity index (χ3v) is 3.36. The Morgan fingerprint density at radius 3 is 2.71 bits per heavy atom. The summed E-state index contributed by atoms with van der Waals surface area (Å²) in [6, 6.07) is 5.52. The van der Waals surface area contributed by atoms with Crippen molar-refractivity contribution in [3.8, 4) is 0 Å². The maximum atomic E-state index is 11.2. The van der Waals surface area contributed by atoms with E-state index in [1.807, 2.05) is 23.1 Å². The number of hydrogen-bond acceptors (Lipinski definition) is 3. The smallest absolute Gasteiger partial charge is 0.328 e. The van der Waals surface area contributed by atoms with Crippen molar-refractivity contribution in [2.24, 2.45) is 5.73 Å². The van der Waals surface area contributed by atoms with Gasteiger partial charge in [-0.2, -0.15) is 0 Å². The summed E-state index contributed by atoms with van der Waals surface area (Å²) in [5, 5.41) is 8.77. The van der Waals surface area contributed by atoms with E-state index in [4.69, 9.17) is 10.8 Å². The lowest BCUT2D eigenvalue weighted by Gasteiger charge is -2.25. The van der Waals surface area contributed by atoms with Crippen LogP contribution in [0.25, 0.3) is 6.08 Å². The molecule has 0 aliphatic heterocycles. The van der Waals surface area contributed by atoms with Crippen LogP contribution in [0.15, 0.2) is 28.7 Å². The highest BCUT2D eigenvalue weighted by Crippen LogP contribution is 2.26. The first kappa shape index (κ1) is 17.2. The van der Waals surface area contributed by atoms with Crippen molar-refractivity contribution in [3.05, 3.63) is 34.3 Å². The maximum Gasteiger partial charge on any atom is 0.328 e. The van der Waals surface area contributed by atoms with Gasteiger partial charge in [0.25, 0.3) is 0 Å². The molecule has 0 aromatic heterocycles. The van der Waals surface area contributed by atoms with E-state index < -0.39 is 11.9 Å². The van der Waals surface area contributed by atoms with Crippen LogP contribution in [0.1, 0.15) is 25.3 Å². The number of carboxylic acids is 1. The van der Waals surface area contributed by atoms with Crippen molar-refractivity contribution in [1.82, 2.24) is 0 Å². The highest BCUT2D eigenvalue weighted by Gasteiger charge is 2.12. The number of carbonyl (C=O) groups is 2. The van der Waals surface area contributed by atoms with Crippen molar-refractivity contribution in [3.63, 3.8) is 0 Å². The number of benzene rings is 1. The predicted octanol–water partition coefficient (Wildman–Crippen LogP) is 2.64. The molecule has 1 aromatic carbocycles. The summed E-state index contributed by atoms with van der Waals surface area (Å²) in [6.07, 6.45) is 4.51. The molecule has 1 rings (SSSR count). The van der Waals surface area contributed by atoms with Crippen molar-refractivity contribution >= 4 is 39.6 Å². The zero-order valence-electron chi connectivity index (χ0n) is 11.9. The number of anilines is 1. The average Bonchev–Trinajstić information content (AvgIpc) is 2.41. The van der Waals surface area contributed by atoms with Gasteiger partial charge in [0, 0.05) is 22.8 Å². The Labute approximate surface area is 132 Å². The highest BCUT2D eigenvalue weighted by atomic mass is 79.9. The molecule has 0 fully saturated rings. The lowest BCUT2D eigenvalue weighted by Crippen LogP contribution is -2.34. The molecule has 0 unspecified atom stereocenters. The SMILES string of the molecule is CCCCN(CC(N)=O)c1ccc(Br)cc1/C=C/C(=O)O. The number of nitrogens with two attached hydrogens (primary N) is 1. The molecule has 0 aliphatic carbocycles. The fourth-order valence-electron chi connectivity index (χ4n) is 1.93. The van der Waals surface area contributed by atoms with Crippen LogP contribution in [0.3, 0.4) is 0 Å². The van der Waals surface area contributed by atoms with Gasteiger partial charge in [0.1, 0.15) is 0 Å². The van der Waals surface area contributed by atoms with Crippen LogP contribution in [0.4, 0.5) is 5.69 Å². The third-order valence-electron chi connectivity index (χ3n) is 2.86. The molecule has 5 nitrogen and oxygen atoms in total. The highest BCUT2D eigenvalue weighted by molar-refractivity contribution is 9.10. The Hall–Kier alpha value is -1.82. The number of carboxylic acid groups (broad SMARTS) is 1. The van der Waals surface area contributed by atoms with E-state index in [2.05, 4.69) is 22.9 Å². The van der Waals surface area contributed by atoms with Gasteiger partial charge in [-0.25, -0.2) is 4.79 Å². The molecule has 1 aromatic rings. The molecule has 0 saturated heterocycles. The van der Waals surface area contributed by atoms with Gasteiger partial charge in [-0.1, -0.05) is 29.3 Å². The molecule has 21 heavy (non-hydrogen) atoms. The minimum absolute atomic E-state index is 0.107. The second-order valence-corrected chi connectivity index (χ2v) is 5.53. The van der Waals surface area contributed by atoms with Crippen LogP contribution in [0, 0.1) is 0 Å². The number of hydrogen-bond donors (Lipinski definition) is 2. The number of amides is 1. The summed E-state index contributed by atoms with van der Waals surface area (Å²) in [5.74, 6) is -1.43. The van der Waals surface area contributed by atoms with Crippen molar-refractivity contribution in [2.75, 3.05) is 18.0 Å². The molecule has 114 valence electrons. The Bertz CT molecular complexity index is 544. The van der Waals surface area contributed by atoms with Crippen LogP contribution in [-0.2, 0) is 9.59 Å². The normalized spacial score (nSPS) is 10.8. The van der Waals surface area contributed by atoms with Gasteiger partial charge in [0.15, 0.2) is 0 Å². The van der Waals surface area contributed by atoms with Crippen molar-refractivity contribution in [2.45, 2.75) is 19.8 Å². The number of halogens is 1. The topological polar surface area (TPSA) is 83.6 Å². The van der Waals surface area contributed by atoms with E-state index in [-0.39, 0.29) is 6.54 Å². The molecule has 6 heteroatoms. The minimum Gasteiger partial charge on any atom is -0.478 e. The van der Waals surface area contributed by atoms with Gasteiger partial charge in [-0.05, 0) is 36.3 Å². The van der Waals surface area contributed by atoms with Crippen LogP contribution in [0.5, 0.6) is 0 Å². The largest absolute Gasteiger partial charge is 0.478 e. The number of nitrogens with zero attached hydrogens (tertiary/aromatic N) is 1. The van der Waals surface area contributed by atoms with Gasteiger partial charge in [-0.15, -0.1) is 0 Å². The van der Waals surface area contributed by atoms with Gasteiger partial charge >= 0.3 is 5.97 Å². The van der Waals surface area contributed by atoms with Gasteiger partial charge in [0.2, 0.25) is 5.91 Å². The zero-order valence-corrected chi connectivity index (χ0v) is 13.5. The fraction of sp³-hybridized carbons (Fsp3) is 0.333. The first-order valence-corrected chi connectivity index (χ1v) is 7.47.